The zero-order valence-corrected chi connectivity index (χ0v) is 10.6. The number of hydrogen-bond donors (Lipinski definition) is 0. The predicted octanol–water partition coefficient (Wildman–Crippen LogP) is 2.77. The lowest BCUT2D eigenvalue weighted by molar-refractivity contribution is -0.131. The summed E-state index contributed by atoms with van der Waals surface area (Å²) in [4.78, 5) is 13.7. The number of hydrogen-bond acceptors (Lipinski definition) is 2. The van der Waals surface area contributed by atoms with Gasteiger partial charge in [-0.25, -0.2) is 0 Å². The number of carbonyl (C=O) groups excluding carboxylic acids is 1. The summed E-state index contributed by atoms with van der Waals surface area (Å²) in [7, 11) is 0. The minimum absolute atomic E-state index is 0.157. The monoisotopic (exact) mass is 245 g/mol. The molecule has 0 unspecified atom stereocenters. The summed E-state index contributed by atoms with van der Waals surface area (Å²) in [6.45, 7) is 4.65. The molecule has 15 heavy (non-hydrogen) atoms. The molecule has 0 saturated heterocycles. The van der Waals surface area contributed by atoms with E-state index in [1.807, 2.05) is 35.6 Å². The molecule has 1 rings (SSSR count). The number of rotatable bonds is 5. The minimum atomic E-state index is 0.157. The van der Waals surface area contributed by atoms with Crippen molar-refractivity contribution in [2.75, 3.05) is 12.4 Å². The van der Waals surface area contributed by atoms with E-state index in [4.69, 9.17) is 11.6 Å². The van der Waals surface area contributed by atoms with Crippen LogP contribution in [0, 0.1) is 0 Å². The zero-order chi connectivity index (χ0) is 11.3. The molecule has 1 aromatic heterocycles. The van der Waals surface area contributed by atoms with Gasteiger partial charge in [-0.1, -0.05) is 0 Å². The van der Waals surface area contributed by atoms with Gasteiger partial charge in [0.2, 0.25) is 5.91 Å². The van der Waals surface area contributed by atoms with Gasteiger partial charge in [-0.05, 0) is 36.2 Å². The summed E-state index contributed by atoms with van der Waals surface area (Å²) in [5.74, 6) is 0.650. The molecule has 0 saturated carbocycles. The van der Waals surface area contributed by atoms with Gasteiger partial charge >= 0.3 is 0 Å². The Balaban J connectivity index is 2.56. The van der Waals surface area contributed by atoms with Crippen LogP contribution in [0.5, 0.6) is 0 Å². The zero-order valence-electron chi connectivity index (χ0n) is 9.07. The molecule has 1 heterocycles. The Morgan fingerprint density at radius 2 is 2.33 bits per heavy atom. The van der Waals surface area contributed by atoms with Crippen LogP contribution in [0.1, 0.15) is 19.4 Å². The third kappa shape index (κ3) is 3.84. The molecule has 84 valence electrons. The maximum Gasteiger partial charge on any atom is 0.227 e. The van der Waals surface area contributed by atoms with Gasteiger partial charge < -0.3 is 4.90 Å². The van der Waals surface area contributed by atoms with E-state index < -0.39 is 0 Å². The van der Waals surface area contributed by atoms with Crippen molar-refractivity contribution in [2.24, 2.45) is 0 Å². The number of carbonyl (C=O) groups is 1. The fraction of sp³-hybridized carbons (Fsp3) is 0.545. The van der Waals surface area contributed by atoms with Crippen LogP contribution in [0.4, 0.5) is 0 Å². The van der Waals surface area contributed by atoms with E-state index in [0.29, 0.717) is 18.8 Å². The Hall–Kier alpha value is -0.540. The second-order valence-electron chi connectivity index (χ2n) is 3.68. The van der Waals surface area contributed by atoms with Crippen LogP contribution in [-0.4, -0.2) is 29.3 Å². The molecule has 0 aliphatic heterocycles. The summed E-state index contributed by atoms with van der Waals surface area (Å²) < 4.78 is 0. The van der Waals surface area contributed by atoms with E-state index in [0.717, 1.165) is 5.56 Å². The van der Waals surface area contributed by atoms with Gasteiger partial charge in [-0.3, -0.25) is 4.79 Å². The highest BCUT2D eigenvalue weighted by Crippen LogP contribution is 2.10. The average molecular weight is 246 g/mol. The van der Waals surface area contributed by atoms with Crippen molar-refractivity contribution in [1.29, 1.82) is 0 Å². The molecule has 4 heteroatoms. The minimum Gasteiger partial charge on any atom is -0.339 e. The number of halogens is 1. The smallest absolute Gasteiger partial charge is 0.227 e. The summed E-state index contributed by atoms with van der Waals surface area (Å²) >= 11 is 7.29. The highest BCUT2D eigenvalue weighted by Gasteiger charge is 2.16. The highest BCUT2D eigenvalue weighted by atomic mass is 35.5. The first-order valence-electron chi connectivity index (χ1n) is 5.01. The number of nitrogens with zero attached hydrogens (tertiary/aromatic N) is 1. The lowest BCUT2D eigenvalue weighted by atomic mass is 10.2. The molecule has 2 nitrogen and oxygen atoms in total. The van der Waals surface area contributed by atoms with Gasteiger partial charge in [0, 0.05) is 18.5 Å². The predicted molar refractivity (Wildman–Crippen MR) is 65.6 cm³/mol. The van der Waals surface area contributed by atoms with Crippen molar-refractivity contribution in [1.82, 2.24) is 4.90 Å². The van der Waals surface area contributed by atoms with E-state index in [-0.39, 0.29) is 11.9 Å². The average Bonchev–Trinajstić information content (AvgIpc) is 2.65. The van der Waals surface area contributed by atoms with Gasteiger partial charge in [-0.15, -0.1) is 11.6 Å². The maximum atomic E-state index is 11.9. The van der Waals surface area contributed by atoms with Gasteiger partial charge in [0.25, 0.3) is 0 Å². The molecule has 0 bridgehead atoms. The number of thiophene rings is 1. The Morgan fingerprint density at radius 3 is 2.80 bits per heavy atom. The molecular formula is C11H16ClNOS. The van der Waals surface area contributed by atoms with Crippen LogP contribution in [0.25, 0.3) is 0 Å². The largest absolute Gasteiger partial charge is 0.339 e. The van der Waals surface area contributed by atoms with E-state index in [1.165, 1.54) is 0 Å². The summed E-state index contributed by atoms with van der Waals surface area (Å²) in [6, 6.07) is 2.21. The summed E-state index contributed by atoms with van der Waals surface area (Å²) in [5.41, 5.74) is 1.09. The maximum absolute atomic E-state index is 11.9. The summed E-state index contributed by atoms with van der Waals surface area (Å²) in [6.07, 6.45) is 0.485. The molecule has 0 spiro atoms. The Kier molecular flexibility index (Phi) is 5.12. The first-order valence-corrected chi connectivity index (χ1v) is 6.49. The normalized spacial score (nSPS) is 10.7. The topological polar surface area (TPSA) is 20.3 Å². The molecule has 1 amide bonds. The van der Waals surface area contributed by atoms with Gasteiger partial charge in [-0.2, -0.15) is 11.3 Å². The molecule has 0 aromatic carbocycles. The fourth-order valence-corrected chi connectivity index (χ4v) is 2.28. The molecule has 0 atom stereocenters. The quantitative estimate of drug-likeness (QED) is 0.731. The number of amides is 1. The second kappa shape index (κ2) is 6.13. The lowest BCUT2D eigenvalue weighted by Gasteiger charge is -2.25. The fourth-order valence-electron chi connectivity index (χ4n) is 1.43. The van der Waals surface area contributed by atoms with Crippen LogP contribution in [0.3, 0.4) is 0 Å². The highest BCUT2D eigenvalue weighted by molar-refractivity contribution is 7.07. The van der Waals surface area contributed by atoms with Crippen molar-refractivity contribution >= 4 is 28.8 Å². The van der Waals surface area contributed by atoms with E-state index in [2.05, 4.69) is 0 Å². The standard InChI is InChI=1S/C11H16ClNOS/c1-9(2)13(5-4-12)11(14)7-10-3-6-15-8-10/h3,6,8-9H,4-5,7H2,1-2H3. The lowest BCUT2D eigenvalue weighted by Crippen LogP contribution is -2.39. The third-order valence-corrected chi connectivity index (χ3v) is 3.11. The van der Waals surface area contributed by atoms with Crippen molar-refractivity contribution in [3.8, 4) is 0 Å². The van der Waals surface area contributed by atoms with Crippen LogP contribution >= 0.6 is 22.9 Å². The Labute approximate surface area is 99.9 Å². The van der Waals surface area contributed by atoms with Gasteiger partial charge in [0.15, 0.2) is 0 Å². The first-order chi connectivity index (χ1) is 7.15. The Bertz CT molecular complexity index is 298. The van der Waals surface area contributed by atoms with E-state index in [9.17, 15) is 4.79 Å². The molecule has 0 N–H and O–H groups in total. The van der Waals surface area contributed by atoms with Crippen LogP contribution in [0.2, 0.25) is 0 Å². The van der Waals surface area contributed by atoms with E-state index in [1.54, 1.807) is 11.3 Å². The molecule has 1 aromatic rings. The molecular weight excluding hydrogens is 230 g/mol. The second-order valence-corrected chi connectivity index (χ2v) is 4.84. The molecule has 0 aliphatic carbocycles. The first kappa shape index (κ1) is 12.5. The van der Waals surface area contributed by atoms with Crippen molar-refractivity contribution in [3.63, 3.8) is 0 Å². The van der Waals surface area contributed by atoms with Crippen molar-refractivity contribution in [2.45, 2.75) is 26.3 Å². The third-order valence-electron chi connectivity index (χ3n) is 2.20. The SMILES string of the molecule is CC(C)N(CCCl)C(=O)Cc1ccsc1. The van der Waals surface area contributed by atoms with Crippen molar-refractivity contribution in [3.05, 3.63) is 22.4 Å². The molecule has 0 radical (unpaired) electrons. The van der Waals surface area contributed by atoms with Gasteiger partial charge in [0.1, 0.15) is 0 Å². The Morgan fingerprint density at radius 1 is 1.60 bits per heavy atom. The molecule has 0 fully saturated rings. The van der Waals surface area contributed by atoms with Crippen molar-refractivity contribution < 1.29 is 4.79 Å². The summed E-state index contributed by atoms with van der Waals surface area (Å²) in [5, 5.41) is 4.00. The number of alkyl halides is 1. The van der Waals surface area contributed by atoms with Crippen LogP contribution in [0.15, 0.2) is 16.8 Å². The van der Waals surface area contributed by atoms with Crippen LogP contribution < -0.4 is 0 Å². The molecule has 0 aliphatic rings. The van der Waals surface area contributed by atoms with Crippen LogP contribution in [-0.2, 0) is 11.2 Å². The van der Waals surface area contributed by atoms with E-state index >= 15 is 0 Å². The van der Waals surface area contributed by atoms with Gasteiger partial charge in [0.05, 0.1) is 6.42 Å².